The summed E-state index contributed by atoms with van der Waals surface area (Å²) >= 11 is 2.97. The maximum Gasteiger partial charge on any atom is 0.410 e. The largest absolute Gasteiger partial charge is 0.497 e. The molecule has 0 aliphatic carbocycles. The van der Waals surface area contributed by atoms with Crippen molar-refractivity contribution in [1.29, 1.82) is 0 Å². The molecule has 0 aliphatic heterocycles. The lowest BCUT2D eigenvalue weighted by Crippen LogP contribution is -2.42. The van der Waals surface area contributed by atoms with Gasteiger partial charge in [-0.15, -0.1) is 11.3 Å². The zero-order valence-corrected chi connectivity index (χ0v) is 19.8. The summed E-state index contributed by atoms with van der Waals surface area (Å²) in [6, 6.07) is 12.9. The van der Waals surface area contributed by atoms with E-state index in [1.54, 1.807) is 31.2 Å². The van der Waals surface area contributed by atoms with Crippen LogP contribution in [0.2, 0.25) is 0 Å². The molecule has 0 saturated carbocycles. The summed E-state index contributed by atoms with van der Waals surface area (Å²) in [6.45, 7) is 5.92. The molecule has 0 atom stereocenters. The number of halogens is 1. The fourth-order valence-corrected chi connectivity index (χ4v) is 5.02. The molecule has 0 radical (unpaired) electrons. The van der Waals surface area contributed by atoms with E-state index in [-0.39, 0.29) is 12.1 Å². The van der Waals surface area contributed by atoms with Crippen LogP contribution in [0.1, 0.15) is 25.6 Å². The van der Waals surface area contributed by atoms with Gasteiger partial charge in [0.15, 0.2) is 0 Å². The second-order valence-electron chi connectivity index (χ2n) is 7.82. The molecule has 0 spiro atoms. The number of aromatic nitrogens is 1. The molecule has 164 valence electrons. The van der Waals surface area contributed by atoms with Gasteiger partial charge in [0.2, 0.25) is 5.95 Å². The van der Waals surface area contributed by atoms with Crippen LogP contribution >= 0.6 is 23.1 Å². The summed E-state index contributed by atoms with van der Waals surface area (Å²) in [6.07, 6.45) is 1.02. The van der Waals surface area contributed by atoms with E-state index in [4.69, 9.17) is 9.47 Å². The summed E-state index contributed by atoms with van der Waals surface area (Å²) in [5.74, 6) is 0.207. The van der Waals surface area contributed by atoms with Gasteiger partial charge >= 0.3 is 6.09 Å². The maximum absolute atomic E-state index is 14.4. The van der Waals surface area contributed by atoms with Crippen LogP contribution < -0.4 is 4.74 Å². The molecule has 0 aliphatic rings. The Morgan fingerprint density at radius 2 is 1.97 bits per heavy atom. The third-order valence-electron chi connectivity index (χ3n) is 4.67. The highest BCUT2D eigenvalue weighted by atomic mass is 32.2. The van der Waals surface area contributed by atoms with Gasteiger partial charge in [0, 0.05) is 39.7 Å². The second-order valence-corrected chi connectivity index (χ2v) is 10.3. The SMILES string of the molecule is COc1cccc(Sc2sc(COC(=O)N(C)C(C)(C)C)cc2-c2cccnc2F)c1. The minimum Gasteiger partial charge on any atom is -0.497 e. The normalized spacial score (nSPS) is 11.3. The lowest BCUT2D eigenvalue weighted by atomic mass is 10.1. The Labute approximate surface area is 190 Å². The highest BCUT2D eigenvalue weighted by Crippen LogP contribution is 2.43. The lowest BCUT2D eigenvalue weighted by Gasteiger charge is -2.30. The first-order valence-corrected chi connectivity index (χ1v) is 11.3. The zero-order chi connectivity index (χ0) is 22.6. The number of ether oxygens (including phenoxy) is 2. The topological polar surface area (TPSA) is 51.7 Å². The van der Waals surface area contributed by atoms with Crippen LogP contribution in [0, 0.1) is 5.95 Å². The van der Waals surface area contributed by atoms with Gasteiger partial charge in [0.25, 0.3) is 0 Å². The van der Waals surface area contributed by atoms with E-state index >= 15 is 0 Å². The molecule has 2 heterocycles. The zero-order valence-electron chi connectivity index (χ0n) is 18.1. The molecule has 5 nitrogen and oxygen atoms in total. The van der Waals surface area contributed by atoms with E-state index in [1.807, 2.05) is 51.1 Å². The molecule has 0 unspecified atom stereocenters. The van der Waals surface area contributed by atoms with Gasteiger partial charge in [-0.3, -0.25) is 0 Å². The fourth-order valence-electron chi connectivity index (χ4n) is 2.62. The van der Waals surface area contributed by atoms with Gasteiger partial charge in [0.1, 0.15) is 12.4 Å². The molecule has 0 bridgehead atoms. The molecule has 1 amide bonds. The first-order chi connectivity index (χ1) is 14.7. The Hall–Kier alpha value is -2.58. The number of pyridine rings is 1. The van der Waals surface area contributed by atoms with Crippen LogP contribution in [-0.4, -0.2) is 35.7 Å². The van der Waals surface area contributed by atoms with Gasteiger partial charge in [-0.2, -0.15) is 4.39 Å². The van der Waals surface area contributed by atoms with Gasteiger partial charge in [-0.25, -0.2) is 9.78 Å². The van der Waals surface area contributed by atoms with E-state index < -0.39 is 12.0 Å². The minimum absolute atomic E-state index is 0.109. The van der Waals surface area contributed by atoms with Crippen LogP contribution in [0.25, 0.3) is 11.1 Å². The Kier molecular flexibility index (Phi) is 7.23. The number of hydrogen-bond acceptors (Lipinski definition) is 6. The van der Waals surface area contributed by atoms with Crippen molar-refractivity contribution in [2.75, 3.05) is 14.2 Å². The van der Waals surface area contributed by atoms with Crippen molar-refractivity contribution < 1.29 is 18.7 Å². The molecule has 31 heavy (non-hydrogen) atoms. The van der Waals surface area contributed by atoms with E-state index in [0.29, 0.717) is 5.56 Å². The Balaban J connectivity index is 1.89. The van der Waals surface area contributed by atoms with Crippen LogP contribution in [0.15, 0.2) is 57.8 Å². The predicted molar refractivity (Wildman–Crippen MR) is 122 cm³/mol. The van der Waals surface area contributed by atoms with E-state index in [1.165, 1.54) is 29.3 Å². The number of carbonyl (C=O) groups is 1. The Morgan fingerprint density at radius 3 is 2.65 bits per heavy atom. The van der Waals surface area contributed by atoms with Crippen LogP contribution in [0.3, 0.4) is 0 Å². The summed E-state index contributed by atoms with van der Waals surface area (Å²) in [5.41, 5.74) is 0.788. The van der Waals surface area contributed by atoms with Crippen molar-refractivity contribution in [3.05, 3.63) is 59.5 Å². The number of methoxy groups -OCH3 is 1. The van der Waals surface area contributed by atoms with Crippen molar-refractivity contribution in [3.63, 3.8) is 0 Å². The molecule has 0 N–H and O–H groups in total. The first-order valence-electron chi connectivity index (χ1n) is 9.65. The van der Waals surface area contributed by atoms with Gasteiger partial charge in [-0.1, -0.05) is 17.8 Å². The molecular formula is C23H25FN2O3S2. The molecule has 1 aromatic carbocycles. The standard InChI is InChI=1S/C23H25FN2O3S2/c1-23(2,3)26(4)22(27)29-14-17-13-19(18-10-7-11-25-20(18)24)21(31-17)30-16-9-6-8-15(12-16)28-5/h6-13H,14H2,1-5H3. The van der Waals surface area contributed by atoms with Gasteiger partial charge in [0.05, 0.1) is 11.3 Å². The highest BCUT2D eigenvalue weighted by Gasteiger charge is 2.24. The number of thiophene rings is 1. The van der Waals surface area contributed by atoms with Crippen molar-refractivity contribution >= 4 is 29.2 Å². The smallest absolute Gasteiger partial charge is 0.410 e. The molecule has 3 rings (SSSR count). The fraction of sp³-hybridized carbons (Fsp3) is 0.304. The quantitative estimate of drug-likeness (QED) is 0.394. The van der Waals surface area contributed by atoms with E-state index in [9.17, 15) is 9.18 Å². The van der Waals surface area contributed by atoms with Crippen molar-refractivity contribution in [3.8, 4) is 16.9 Å². The Morgan fingerprint density at radius 1 is 1.19 bits per heavy atom. The van der Waals surface area contributed by atoms with E-state index in [2.05, 4.69) is 4.98 Å². The molecule has 3 aromatic rings. The predicted octanol–water partition coefficient (Wildman–Crippen LogP) is 6.48. The number of carbonyl (C=O) groups excluding carboxylic acids is 1. The number of hydrogen-bond donors (Lipinski definition) is 0. The summed E-state index contributed by atoms with van der Waals surface area (Å²) in [5, 5.41) is 0. The van der Waals surface area contributed by atoms with E-state index in [0.717, 1.165) is 25.3 Å². The minimum atomic E-state index is -0.538. The lowest BCUT2D eigenvalue weighted by molar-refractivity contribution is 0.0767. The second kappa shape index (κ2) is 9.70. The number of rotatable bonds is 6. The molecule has 0 saturated heterocycles. The number of amides is 1. The monoisotopic (exact) mass is 460 g/mol. The highest BCUT2D eigenvalue weighted by molar-refractivity contribution is 8.01. The third kappa shape index (κ3) is 5.77. The van der Waals surface area contributed by atoms with Crippen molar-refractivity contribution in [2.24, 2.45) is 0 Å². The average Bonchev–Trinajstić information content (AvgIpc) is 3.13. The number of nitrogens with zero attached hydrogens (tertiary/aromatic N) is 2. The summed E-state index contributed by atoms with van der Waals surface area (Å²) < 4.78 is 26.1. The van der Waals surface area contributed by atoms with Crippen molar-refractivity contribution in [2.45, 2.75) is 42.0 Å². The van der Waals surface area contributed by atoms with Gasteiger partial charge < -0.3 is 14.4 Å². The summed E-state index contributed by atoms with van der Waals surface area (Å²) in [4.78, 5) is 19.5. The average molecular weight is 461 g/mol. The molecular weight excluding hydrogens is 435 g/mol. The third-order valence-corrected chi connectivity index (χ3v) is 6.97. The van der Waals surface area contributed by atoms with Gasteiger partial charge in [-0.05, 0) is 57.2 Å². The molecule has 2 aromatic heterocycles. The first kappa shape index (κ1) is 23.1. The summed E-state index contributed by atoms with van der Waals surface area (Å²) in [7, 11) is 3.32. The van der Waals surface area contributed by atoms with Crippen LogP contribution in [0.5, 0.6) is 5.75 Å². The van der Waals surface area contributed by atoms with Crippen LogP contribution in [0.4, 0.5) is 9.18 Å². The Bertz CT molecular complexity index is 1060. The molecule has 0 fully saturated rings. The van der Waals surface area contributed by atoms with Crippen LogP contribution in [-0.2, 0) is 11.3 Å². The maximum atomic E-state index is 14.4. The van der Waals surface area contributed by atoms with Crippen molar-refractivity contribution in [1.82, 2.24) is 9.88 Å². The molecule has 8 heteroatoms. The number of benzene rings is 1.